The fraction of sp³-hybridized carbons (Fsp3) is 0.867. The molecular formula is C15H25NO3. The molecule has 108 valence electrons. The summed E-state index contributed by atoms with van der Waals surface area (Å²) >= 11 is 0. The summed E-state index contributed by atoms with van der Waals surface area (Å²) in [5.74, 6) is -1.04. The Kier molecular flexibility index (Phi) is 4.83. The normalized spacial score (nSPS) is 35.0. The molecular weight excluding hydrogens is 242 g/mol. The van der Waals surface area contributed by atoms with Crippen molar-refractivity contribution in [2.45, 2.75) is 64.3 Å². The Labute approximate surface area is 115 Å². The highest BCUT2D eigenvalue weighted by Gasteiger charge is 2.39. The first-order chi connectivity index (χ1) is 9.13. The zero-order valence-electron chi connectivity index (χ0n) is 11.7. The van der Waals surface area contributed by atoms with Gasteiger partial charge in [0.05, 0.1) is 11.8 Å². The maximum absolute atomic E-state index is 12.3. The first-order valence-electron chi connectivity index (χ1n) is 7.66. The fourth-order valence-electron chi connectivity index (χ4n) is 3.75. The lowest BCUT2D eigenvalue weighted by Gasteiger charge is -2.32. The summed E-state index contributed by atoms with van der Waals surface area (Å²) in [7, 11) is 0. The molecule has 2 saturated carbocycles. The predicted octanol–water partition coefficient (Wildman–Crippen LogP) is 2.57. The number of carbonyl (C=O) groups is 2. The van der Waals surface area contributed by atoms with Crippen molar-refractivity contribution >= 4 is 11.9 Å². The van der Waals surface area contributed by atoms with Crippen LogP contribution in [0, 0.1) is 17.8 Å². The van der Waals surface area contributed by atoms with Crippen LogP contribution in [0.4, 0.5) is 0 Å². The van der Waals surface area contributed by atoms with Gasteiger partial charge in [-0.2, -0.15) is 0 Å². The number of nitrogens with one attached hydrogen (secondary N) is 1. The molecule has 0 bridgehead atoms. The summed E-state index contributed by atoms with van der Waals surface area (Å²) in [6.07, 6.45) is 8.00. The van der Waals surface area contributed by atoms with Gasteiger partial charge in [0.25, 0.3) is 0 Å². The molecule has 4 nitrogen and oxygen atoms in total. The molecule has 0 aromatic heterocycles. The summed E-state index contributed by atoms with van der Waals surface area (Å²) in [5, 5.41) is 12.3. The fourth-order valence-corrected chi connectivity index (χ4v) is 3.75. The number of aliphatic carboxylic acids is 1. The average Bonchev–Trinajstić information content (AvgIpc) is 2.88. The van der Waals surface area contributed by atoms with Crippen LogP contribution in [0.3, 0.4) is 0 Å². The van der Waals surface area contributed by atoms with E-state index < -0.39 is 11.9 Å². The molecule has 2 fully saturated rings. The Balaban J connectivity index is 1.94. The minimum atomic E-state index is -0.812. The second-order valence-electron chi connectivity index (χ2n) is 6.05. The molecule has 0 aliphatic heterocycles. The molecule has 0 aromatic carbocycles. The first kappa shape index (κ1) is 14.4. The number of carbonyl (C=O) groups excluding carboxylic acids is 1. The van der Waals surface area contributed by atoms with Crippen molar-refractivity contribution in [1.29, 1.82) is 0 Å². The molecule has 0 heterocycles. The second-order valence-corrected chi connectivity index (χ2v) is 6.05. The van der Waals surface area contributed by atoms with Crippen LogP contribution in [0.5, 0.6) is 0 Å². The highest BCUT2D eigenvalue weighted by Crippen LogP contribution is 2.33. The quantitative estimate of drug-likeness (QED) is 0.822. The Morgan fingerprint density at radius 2 is 1.74 bits per heavy atom. The van der Waals surface area contributed by atoms with Gasteiger partial charge < -0.3 is 10.4 Å². The molecule has 1 amide bonds. The molecule has 4 heteroatoms. The number of hydrogen-bond acceptors (Lipinski definition) is 2. The summed E-state index contributed by atoms with van der Waals surface area (Å²) in [6, 6.07) is 0.265. The lowest BCUT2D eigenvalue weighted by Crippen LogP contribution is -2.45. The van der Waals surface area contributed by atoms with Crippen LogP contribution in [0.1, 0.15) is 58.3 Å². The van der Waals surface area contributed by atoms with E-state index in [9.17, 15) is 9.59 Å². The molecule has 0 aromatic rings. The van der Waals surface area contributed by atoms with Gasteiger partial charge in [-0.15, -0.1) is 0 Å². The van der Waals surface area contributed by atoms with Gasteiger partial charge in [-0.1, -0.05) is 32.6 Å². The van der Waals surface area contributed by atoms with E-state index in [-0.39, 0.29) is 17.9 Å². The molecule has 2 unspecified atom stereocenters. The lowest BCUT2D eigenvalue weighted by atomic mass is 9.82. The van der Waals surface area contributed by atoms with Crippen molar-refractivity contribution in [1.82, 2.24) is 5.32 Å². The van der Waals surface area contributed by atoms with Crippen molar-refractivity contribution in [3.8, 4) is 0 Å². The zero-order chi connectivity index (χ0) is 13.8. The summed E-state index contributed by atoms with van der Waals surface area (Å²) < 4.78 is 0. The van der Waals surface area contributed by atoms with Gasteiger partial charge in [-0.05, 0) is 31.6 Å². The van der Waals surface area contributed by atoms with E-state index in [1.54, 1.807) is 0 Å². The minimum absolute atomic E-state index is 0.0183. The molecule has 0 spiro atoms. The van der Waals surface area contributed by atoms with E-state index in [0.29, 0.717) is 12.3 Å². The van der Waals surface area contributed by atoms with Gasteiger partial charge in [0.1, 0.15) is 0 Å². The zero-order valence-corrected chi connectivity index (χ0v) is 11.7. The van der Waals surface area contributed by atoms with Crippen LogP contribution in [0.2, 0.25) is 0 Å². The van der Waals surface area contributed by atoms with Gasteiger partial charge in [0.15, 0.2) is 0 Å². The summed E-state index contributed by atoms with van der Waals surface area (Å²) in [5.41, 5.74) is 0. The lowest BCUT2D eigenvalue weighted by molar-refractivity contribution is -0.146. The van der Waals surface area contributed by atoms with E-state index in [1.165, 1.54) is 19.3 Å². The van der Waals surface area contributed by atoms with Crippen molar-refractivity contribution in [2.75, 3.05) is 0 Å². The average molecular weight is 267 g/mol. The Hall–Kier alpha value is -1.06. The van der Waals surface area contributed by atoms with Crippen molar-refractivity contribution < 1.29 is 14.7 Å². The molecule has 0 radical (unpaired) electrons. The van der Waals surface area contributed by atoms with Crippen molar-refractivity contribution in [2.24, 2.45) is 17.8 Å². The molecule has 2 aliphatic rings. The Morgan fingerprint density at radius 3 is 2.42 bits per heavy atom. The number of hydrogen-bond donors (Lipinski definition) is 2. The van der Waals surface area contributed by atoms with E-state index in [0.717, 1.165) is 25.7 Å². The summed E-state index contributed by atoms with van der Waals surface area (Å²) in [6.45, 7) is 2.17. The number of amides is 1. The van der Waals surface area contributed by atoms with Crippen LogP contribution >= 0.6 is 0 Å². The SMILES string of the molecule is CCC1CCCCC1NC(=O)[C@@H]1CCC[C@@H]1C(=O)O. The van der Waals surface area contributed by atoms with E-state index in [1.807, 2.05) is 0 Å². The smallest absolute Gasteiger partial charge is 0.307 e. The topological polar surface area (TPSA) is 66.4 Å². The molecule has 2 N–H and O–H groups in total. The number of rotatable bonds is 4. The van der Waals surface area contributed by atoms with E-state index in [2.05, 4.69) is 12.2 Å². The van der Waals surface area contributed by atoms with Crippen molar-refractivity contribution in [3.63, 3.8) is 0 Å². The standard InChI is InChI=1S/C15H25NO3/c1-2-10-6-3-4-9-13(10)16-14(17)11-7-5-8-12(11)15(18)19/h10-13H,2-9H2,1H3,(H,16,17)(H,18,19)/t10?,11-,12+,13?/m1/s1. The van der Waals surface area contributed by atoms with Gasteiger partial charge >= 0.3 is 5.97 Å². The third kappa shape index (κ3) is 3.28. The highest BCUT2D eigenvalue weighted by atomic mass is 16.4. The van der Waals surface area contributed by atoms with Crippen LogP contribution in [-0.4, -0.2) is 23.0 Å². The maximum Gasteiger partial charge on any atom is 0.307 e. The monoisotopic (exact) mass is 267 g/mol. The molecule has 19 heavy (non-hydrogen) atoms. The number of carboxylic acid groups (broad SMARTS) is 1. The molecule has 2 aliphatic carbocycles. The molecule has 2 rings (SSSR count). The van der Waals surface area contributed by atoms with Gasteiger partial charge in [0, 0.05) is 6.04 Å². The second kappa shape index (κ2) is 6.40. The van der Waals surface area contributed by atoms with E-state index in [4.69, 9.17) is 5.11 Å². The van der Waals surface area contributed by atoms with E-state index >= 15 is 0 Å². The largest absolute Gasteiger partial charge is 0.481 e. The molecule has 0 saturated heterocycles. The highest BCUT2D eigenvalue weighted by molar-refractivity contribution is 5.85. The van der Waals surface area contributed by atoms with Crippen LogP contribution < -0.4 is 5.32 Å². The Bertz CT molecular complexity index is 342. The number of carboxylic acids is 1. The van der Waals surface area contributed by atoms with Crippen LogP contribution in [0.15, 0.2) is 0 Å². The molecule has 4 atom stereocenters. The third-order valence-electron chi connectivity index (χ3n) is 4.93. The minimum Gasteiger partial charge on any atom is -0.481 e. The Morgan fingerprint density at radius 1 is 1.05 bits per heavy atom. The first-order valence-corrected chi connectivity index (χ1v) is 7.66. The maximum atomic E-state index is 12.3. The van der Waals surface area contributed by atoms with Crippen LogP contribution in [-0.2, 0) is 9.59 Å². The summed E-state index contributed by atoms with van der Waals surface area (Å²) in [4.78, 5) is 23.5. The van der Waals surface area contributed by atoms with Gasteiger partial charge in [-0.3, -0.25) is 9.59 Å². The third-order valence-corrected chi connectivity index (χ3v) is 4.93. The van der Waals surface area contributed by atoms with Crippen molar-refractivity contribution in [3.05, 3.63) is 0 Å². The van der Waals surface area contributed by atoms with Gasteiger partial charge in [-0.25, -0.2) is 0 Å². The van der Waals surface area contributed by atoms with Crippen LogP contribution in [0.25, 0.3) is 0 Å². The predicted molar refractivity (Wildman–Crippen MR) is 72.6 cm³/mol. The van der Waals surface area contributed by atoms with Gasteiger partial charge in [0.2, 0.25) is 5.91 Å².